The summed E-state index contributed by atoms with van der Waals surface area (Å²) in [5, 5.41) is 5.37. The van der Waals surface area contributed by atoms with Crippen LogP contribution in [-0.4, -0.2) is 18.6 Å². The van der Waals surface area contributed by atoms with Crippen LogP contribution in [0.3, 0.4) is 0 Å². The second kappa shape index (κ2) is 12.8. The van der Waals surface area contributed by atoms with E-state index in [0.717, 1.165) is 45.4 Å². The van der Waals surface area contributed by atoms with E-state index in [4.69, 9.17) is 28.6 Å². The maximum atomic E-state index is 8.95. The molecule has 1 N–H and O–H groups in total. The highest BCUT2D eigenvalue weighted by atomic mass is 35.5. The van der Waals surface area contributed by atoms with E-state index < -0.39 is 0 Å². The first-order valence-electron chi connectivity index (χ1n) is 9.63. The third kappa shape index (κ3) is 7.25. The first kappa shape index (κ1) is 25.3. The summed E-state index contributed by atoms with van der Waals surface area (Å²) >= 11 is 13.5. The predicted octanol–water partition coefficient (Wildman–Crippen LogP) is 7.43. The molecule has 0 bridgehead atoms. The molecule has 1 aromatic carbocycles. The first-order valence-corrected chi connectivity index (χ1v) is 11.2. The first-order chi connectivity index (χ1) is 13.8. The van der Waals surface area contributed by atoms with Gasteiger partial charge in [0, 0.05) is 21.4 Å². The number of anilines is 1. The number of hydrogen-bond donors (Lipinski definition) is 1. The molecule has 3 nitrogen and oxygen atoms in total. The Labute approximate surface area is 189 Å². The van der Waals surface area contributed by atoms with E-state index in [1.165, 1.54) is 23.1 Å². The Morgan fingerprint density at radius 2 is 1.90 bits per heavy atom. The molecule has 0 amide bonds. The number of carbonyl (C=O) groups is 1. The molecular formula is C23H30ClNO2S2. The number of methoxy groups -OCH3 is 1. The number of thiophene rings is 1. The van der Waals surface area contributed by atoms with Gasteiger partial charge in [0.25, 0.3) is 6.47 Å². The number of nitrogens with one attached hydrogen (secondary N) is 1. The van der Waals surface area contributed by atoms with Crippen molar-refractivity contribution in [2.45, 2.75) is 47.0 Å². The van der Waals surface area contributed by atoms with Gasteiger partial charge < -0.3 is 10.1 Å². The Hall–Kier alpha value is -1.69. The van der Waals surface area contributed by atoms with Crippen molar-refractivity contribution >= 4 is 57.2 Å². The van der Waals surface area contributed by atoms with Crippen molar-refractivity contribution < 1.29 is 9.53 Å². The molecule has 1 heterocycles. The van der Waals surface area contributed by atoms with Crippen LogP contribution in [0.1, 0.15) is 54.7 Å². The van der Waals surface area contributed by atoms with Crippen LogP contribution in [0.25, 0.3) is 5.57 Å². The van der Waals surface area contributed by atoms with E-state index in [1.54, 1.807) is 11.3 Å². The van der Waals surface area contributed by atoms with Crippen molar-refractivity contribution in [3.05, 3.63) is 57.4 Å². The fourth-order valence-electron chi connectivity index (χ4n) is 2.96. The minimum atomic E-state index is 0.375. The Kier molecular flexibility index (Phi) is 11.2. The third-order valence-electron chi connectivity index (χ3n) is 4.71. The Balaban J connectivity index is 0.000000960. The van der Waals surface area contributed by atoms with E-state index >= 15 is 0 Å². The zero-order chi connectivity index (χ0) is 22.0. The van der Waals surface area contributed by atoms with Crippen molar-refractivity contribution in [2.24, 2.45) is 5.92 Å². The van der Waals surface area contributed by atoms with Crippen LogP contribution in [0.2, 0.25) is 5.02 Å². The topological polar surface area (TPSA) is 38.3 Å². The van der Waals surface area contributed by atoms with Crippen molar-refractivity contribution in [3.63, 3.8) is 0 Å². The monoisotopic (exact) mass is 451 g/mol. The number of aryl methyl sites for hydroxylation is 1. The molecule has 1 unspecified atom stereocenters. The summed E-state index contributed by atoms with van der Waals surface area (Å²) in [6, 6.07) is 7.85. The van der Waals surface area contributed by atoms with Crippen LogP contribution in [0, 0.1) is 19.8 Å². The molecular weight excluding hydrogens is 422 g/mol. The zero-order valence-corrected chi connectivity index (χ0v) is 20.2. The fraction of sp³-hybridized carbons (Fsp3) is 0.391. The quantitative estimate of drug-likeness (QED) is 0.334. The van der Waals surface area contributed by atoms with Gasteiger partial charge in [0.15, 0.2) is 0 Å². The van der Waals surface area contributed by atoms with Gasteiger partial charge in [-0.2, -0.15) is 0 Å². The molecule has 0 fully saturated rings. The normalized spacial score (nSPS) is 11.1. The van der Waals surface area contributed by atoms with Crippen LogP contribution < -0.4 is 5.32 Å². The van der Waals surface area contributed by atoms with Gasteiger partial charge in [-0.3, -0.25) is 4.79 Å². The summed E-state index contributed by atoms with van der Waals surface area (Å²) in [5.74, 6) is 0.430. The number of thiocarbonyl (C=S) groups is 1. The third-order valence-corrected chi connectivity index (χ3v) is 6.52. The maximum absolute atomic E-state index is 8.95. The van der Waals surface area contributed by atoms with Crippen LogP contribution >= 0.6 is 35.2 Å². The molecule has 6 heteroatoms. The lowest BCUT2D eigenvalue weighted by Gasteiger charge is -2.18. The van der Waals surface area contributed by atoms with Gasteiger partial charge in [0.1, 0.15) is 5.00 Å². The Morgan fingerprint density at radius 1 is 1.31 bits per heavy atom. The SMILES string of the molecule is C=C(c1ccc(Cl)cc1)c1c(NC(=S)C(CC)CCC)sc(C)c1C.COC=O. The Morgan fingerprint density at radius 3 is 2.38 bits per heavy atom. The van der Waals surface area contributed by atoms with E-state index in [0.29, 0.717) is 12.4 Å². The minimum Gasteiger partial charge on any atom is -0.471 e. The van der Waals surface area contributed by atoms with E-state index in [-0.39, 0.29) is 0 Å². The van der Waals surface area contributed by atoms with Gasteiger partial charge in [-0.25, -0.2) is 0 Å². The van der Waals surface area contributed by atoms with Gasteiger partial charge in [-0.15, -0.1) is 11.3 Å². The maximum Gasteiger partial charge on any atom is 0.292 e. The van der Waals surface area contributed by atoms with Gasteiger partial charge in [-0.1, -0.05) is 62.8 Å². The number of ether oxygens (including phenoxy) is 1. The molecule has 2 aromatic rings. The summed E-state index contributed by atoms with van der Waals surface area (Å²) in [7, 11) is 1.31. The smallest absolute Gasteiger partial charge is 0.292 e. The molecule has 2 rings (SSSR count). The molecule has 0 saturated carbocycles. The van der Waals surface area contributed by atoms with Crippen LogP contribution in [-0.2, 0) is 9.53 Å². The van der Waals surface area contributed by atoms with Gasteiger partial charge in [-0.05, 0) is 55.5 Å². The van der Waals surface area contributed by atoms with Gasteiger partial charge in [0.2, 0.25) is 0 Å². The second-order valence-electron chi connectivity index (χ2n) is 6.69. The highest BCUT2D eigenvalue weighted by Gasteiger charge is 2.19. The largest absolute Gasteiger partial charge is 0.471 e. The molecule has 29 heavy (non-hydrogen) atoms. The van der Waals surface area contributed by atoms with E-state index in [9.17, 15) is 0 Å². The molecule has 1 atom stereocenters. The van der Waals surface area contributed by atoms with Crippen molar-refractivity contribution in [1.82, 2.24) is 0 Å². The molecule has 0 aliphatic heterocycles. The van der Waals surface area contributed by atoms with Crippen molar-refractivity contribution in [1.29, 1.82) is 0 Å². The number of halogens is 1. The van der Waals surface area contributed by atoms with Crippen LogP contribution in [0.4, 0.5) is 5.00 Å². The summed E-state index contributed by atoms with van der Waals surface area (Å²) < 4.78 is 3.86. The van der Waals surface area contributed by atoms with Crippen LogP contribution in [0.15, 0.2) is 30.8 Å². The van der Waals surface area contributed by atoms with Gasteiger partial charge >= 0.3 is 0 Å². The van der Waals surface area contributed by atoms with Gasteiger partial charge in [0.05, 0.1) is 12.1 Å². The lowest BCUT2D eigenvalue weighted by Crippen LogP contribution is -2.20. The summed E-state index contributed by atoms with van der Waals surface area (Å²) in [5.41, 5.74) is 4.52. The molecule has 0 saturated heterocycles. The lowest BCUT2D eigenvalue weighted by atomic mass is 9.97. The molecule has 0 radical (unpaired) electrons. The van der Waals surface area contributed by atoms with E-state index in [1.807, 2.05) is 24.3 Å². The summed E-state index contributed by atoms with van der Waals surface area (Å²) in [4.78, 5) is 11.2. The minimum absolute atomic E-state index is 0.375. The number of benzene rings is 1. The molecule has 0 spiro atoms. The molecule has 0 aliphatic rings. The highest BCUT2D eigenvalue weighted by molar-refractivity contribution is 7.80. The lowest BCUT2D eigenvalue weighted by molar-refractivity contribution is -0.126. The predicted molar refractivity (Wildman–Crippen MR) is 131 cm³/mol. The summed E-state index contributed by atoms with van der Waals surface area (Å²) in [6.07, 6.45) is 3.34. The Bertz CT molecular complexity index is 828. The van der Waals surface area contributed by atoms with E-state index in [2.05, 4.69) is 44.3 Å². The number of hydrogen-bond acceptors (Lipinski definition) is 4. The zero-order valence-electron chi connectivity index (χ0n) is 17.8. The summed E-state index contributed by atoms with van der Waals surface area (Å²) in [6.45, 7) is 13.4. The standard InChI is InChI=1S/C21H26ClNS2.C2H4O2/c1-6-8-16(7-2)20(24)23-21-19(13(3)15(5)25-21)14(4)17-9-11-18(22)12-10-17;1-4-2-3/h9-12,16H,4,6-8H2,1-3,5H3,(H,23,24);2H,1H3. The second-order valence-corrected chi connectivity index (χ2v) is 8.79. The molecule has 1 aromatic heterocycles. The van der Waals surface area contributed by atoms with Crippen LogP contribution in [0.5, 0.6) is 0 Å². The number of rotatable bonds is 8. The molecule has 0 aliphatic carbocycles. The van der Waals surface area contributed by atoms with Crippen molar-refractivity contribution in [3.8, 4) is 0 Å². The number of carbonyl (C=O) groups excluding carboxylic acids is 1. The average Bonchev–Trinajstić information content (AvgIpc) is 2.99. The van der Waals surface area contributed by atoms with Crippen molar-refractivity contribution in [2.75, 3.05) is 12.4 Å². The molecule has 158 valence electrons. The average molecular weight is 452 g/mol. The highest BCUT2D eigenvalue weighted by Crippen LogP contribution is 2.39. The fourth-order valence-corrected chi connectivity index (χ4v) is 4.63.